The Morgan fingerprint density at radius 3 is 2.60 bits per heavy atom. The van der Waals surface area contributed by atoms with Gasteiger partial charge in [0.15, 0.2) is 0 Å². The lowest BCUT2D eigenvalue weighted by molar-refractivity contribution is 0.583. The smallest absolute Gasteiger partial charge is 0.0422 e. The van der Waals surface area contributed by atoms with Gasteiger partial charge in [-0.15, -0.1) is 0 Å². The van der Waals surface area contributed by atoms with E-state index in [1.807, 2.05) is 13.2 Å². The van der Waals surface area contributed by atoms with Crippen LogP contribution in [0.2, 0.25) is 0 Å². The molecule has 1 unspecified atom stereocenters. The van der Waals surface area contributed by atoms with Gasteiger partial charge in [0, 0.05) is 28.8 Å². The number of nitrogens with one attached hydrogen (secondary N) is 1. The third-order valence-electron chi connectivity index (χ3n) is 3.52. The Balaban J connectivity index is 2.19. The van der Waals surface area contributed by atoms with Crippen LogP contribution in [0.4, 0.5) is 0 Å². The molecular weight excluding hydrogens is 312 g/mol. The van der Waals surface area contributed by atoms with Crippen molar-refractivity contribution in [3.05, 3.63) is 63.4 Å². The molecule has 1 heterocycles. The summed E-state index contributed by atoms with van der Waals surface area (Å²) in [5, 5.41) is 3.39. The van der Waals surface area contributed by atoms with Gasteiger partial charge in [-0.1, -0.05) is 35.0 Å². The van der Waals surface area contributed by atoms with E-state index in [9.17, 15) is 0 Å². The fourth-order valence-electron chi connectivity index (χ4n) is 2.35. The van der Waals surface area contributed by atoms with Crippen molar-refractivity contribution in [1.82, 2.24) is 10.3 Å². The molecule has 0 bridgehead atoms. The van der Waals surface area contributed by atoms with Crippen LogP contribution >= 0.6 is 15.9 Å². The summed E-state index contributed by atoms with van der Waals surface area (Å²) >= 11 is 3.57. The van der Waals surface area contributed by atoms with Crippen LogP contribution in [0.5, 0.6) is 0 Å². The maximum Gasteiger partial charge on any atom is 0.0422 e. The van der Waals surface area contributed by atoms with Crippen molar-refractivity contribution in [1.29, 1.82) is 0 Å². The number of nitrogens with zero attached hydrogens (tertiary/aromatic N) is 1. The molecular formula is C17H21BrN2. The molecule has 2 rings (SSSR count). The topological polar surface area (TPSA) is 24.9 Å². The van der Waals surface area contributed by atoms with Gasteiger partial charge in [0.2, 0.25) is 0 Å². The second kappa shape index (κ2) is 7.00. The van der Waals surface area contributed by atoms with Crippen LogP contribution in [0.15, 0.2) is 41.0 Å². The van der Waals surface area contributed by atoms with E-state index in [1.54, 1.807) is 0 Å². The molecule has 0 aliphatic carbocycles. The highest BCUT2D eigenvalue weighted by atomic mass is 79.9. The summed E-state index contributed by atoms with van der Waals surface area (Å²) in [4.78, 5) is 4.56. The van der Waals surface area contributed by atoms with E-state index in [0.717, 1.165) is 23.0 Å². The number of halogens is 1. The molecule has 0 spiro atoms. The monoisotopic (exact) mass is 332 g/mol. The number of hydrogen-bond acceptors (Lipinski definition) is 2. The van der Waals surface area contributed by atoms with Crippen LogP contribution in [0.25, 0.3) is 0 Å². The second-order valence-corrected chi connectivity index (χ2v) is 6.03. The lowest BCUT2D eigenvalue weighted by atomic mass is 10.00. The summed E-state index contributed by atoms with van der Waals surface area (Å²) in [6.07, 6.45) is 3.91. The largest absolute Gasteiger partial charge is 0.313 e. The number of aryl methyl sites for hydroxylation is 2. The molecule has 0 saturated carbocycles. The van der Waals surface area contributed by atoms with E-state index < -0.39 is 0 Å². The van der Waals surface area contributed by atoms with E-state index in [-0.39, 0.29) is 6.04 Å². The normalized spacial score (nSPS) is 12.4. The molecule has 1 atom stereocenters. The summed E-state index contributed by atoms with van der Waals surface area (Å²) in [6, 6.07) is 11.1. The van der Waals surface area contributed by atoms with E-state index in [0.29, 0.717) is 0 Å². The second-order valence-electron chi connectivity index (χ2n) is 5.12. The number of aromatic nitrogens is 1. The molecule has 0 amide bonds. The van der Waals surface area contributed by atoms with Crippen LogP contribution in [0, 0.1) is 6.92 Å². The lowest BCUT2D eigenvalue weighted by Gasteiger charge is -2.17. The lowest BCUT2D eigenvalue weighted by Crippen LogP contribution is -2.19. The first-order valence-electron chi connectivity index (χ1n) is 7.00. The highest BCUT2D eigenvalue weighted by Crippen LogP contribution is 2.23. The van der Waals surface area contributed by atoms with Crippen LogP contribution in [-0.2, 0) is 12.8 Å². The molecule has 0 aliphatic heterocycles. The van der Waals surface area contributed by atoms with Gasteiger partial charge in [-0.05, 0) is 55.3 Å². The van der Waals surface area contributed by atoms with E-state index >= 15 is 0 Å². The Kier molecular flexibility index (Phi) is 5.32. The molecule has 0 fully saturated rings. The maximum atomic E-state index is 4.56. The fraction of sp³-hybridized carbons (Fsp3) is 0.353. The minimum absolute atomic E-state index is 0.283. The summed E-state index contributed by atoms with van der Waals surface area (Å²) in [5.41, 5.74) is 4.97. The molecule has 0 aliphatic rings. The predicted molar refractivity (Wildman–Crippen MR) is 88.0 cm³/mol. The van der Waals surface area contributed by atoms with Crippen LogP contribution in [0.3, 0.4) is 0 Å². The summed E-state index contributed by atoms with van der Waals surface area (Å²) < 4.78 is 1.13. The molecule has 1 aromatic carbocycles. The van der Waals surface area contributed by atoms with Crippen molar-refractivity contribution in [2.45, 2.75) is 32.7 Å². The molecule has 1 aromatic heterocycles. The van der Waals surface area contributed by atoms with Gasteiger partial charge >= 0.3 is 0 Å². The Bertz CT molecular complexity index is 543. The van der Waals surface area contributed by atoms with E-state index in [4.69, 9.17) is 0 Å². The fourth-order valence-corrected chi connectivity index (χ4v) is 2.97. The molecule has 0 radical (unpaired) electrons. The number of benzene rings is 1. The number of rotatable bonds is 5. The minimum atomic E-state index is 0.283. The van der Waals surface area contributed by atoms with E-state index in [2.05, 4.69) is 70.4 Å². The Labute approximate surface area is 129 Å². The first-order chi connectivity index (χ1) is 9.62. The number of pyridine rings is 1. The van der Waals surface area contributed by atoms with E-state index in [1.165, 1.54) is 16.7 Å². The maximum absolute atomic E-state index is 4.56. The van der Waals surface area contributed by atoms with Gasteiger partial charge in [-0.25, -0.2) is 0 Å². The summed E-state index contributed by atoms with van der Waals surface area (Å²) in [5.74, 6) is 0. The Morgan fingerprint density at radius 1 is 1.25 bits per heavy atom. The van der Waals surface area contributed by atoms with Gasteiger partial charge < -0.3 is 5.32 Å². The van der Waals surface area contributed by atoms with Crippen molar-refractivity contribution in [2.24, 2.45) is 0 Å². The SMILES string of the molecule is CCc1ccc(CC(NC)c2cc(C)cc(Br)c2)nc1. The van der Waals surface area contributed by atoms with Gasteiger partial charge in [0.05, 0.1) is 0 Å². The third-order valence-corrected chi connectivity index (χ3v) is 3.98. The Hall–Kier alpha value is -1.19. The number of hydrogen-bond donors (Lipinski definition) is 1. The van der Waals surface area contributed by atoms with Crippen LogP contribution in [0.1, 0.15) is 35.3 Å². The molecule has 2 nitrogen and oxygen atoms in total. The molecule has 2 aromatic rings. The van der Waals surface area contributed by atoms with Gasteiger partial charge in [-0.3, -0.25) is 4.98 Å². The van der Waals surface area contributed by atoms with Gasteiger partial charge in [0.1, 0.15) is 0 Å². The summed E-state index contributed by atoms with van der Waals surface area (Å²) in [6.45, 7) is 4.27. The van der Waals surface area contributed by atoms with Crippen LogP contribution < -0.4 is 5.32 Å². The quantitative estimate of drug-likeness (QED) is 0.886. The highest BCUT2D eigenvalue weighted by Gasteiger charge is 2.12. The van der Waals surface area contributed by atoms with Crippen molar-refractivity contribution in [3.63, 3.8) is 0 Å². The minimum Gasteiger partial charge on any atom is -0.313 e. The molecule has 0 saturated heterocycles. The zero-order valence-corrected chi connectivity index (χ0v) is 13.9. The van der Waals surface area contributed by atoms with Gasteiger partial charge in [-0.2, -0.15) is 0 Å². The van der Waals surface area contributed by atoms with Crippen LogP contribution in [-0.4, -0.2) is 12.0 Å². The zero-order valence-electron chi connectivity index (χ0n) is 12.3. The van der Waals surface area contributed by atoms with Gasteiger partial charge in [0.25, 0.3) is 0 Å². The van der Waals surface area contributed by atoms with Crippen molar-refractivity contribution < 1.29 is 0 Å². The molecule has 1 N–H and O–H groups in total. The highest BCUT2D eigenvalue weighted by molar-refractivity contribution is 9.10. The number of likely N-dealkylation sites (N-methyl/N-ethyl adjacent to an activating group) is 1. The third kappa shape index (κ3) is 3.90. The molecule has 3 heteroatoms. The van der Waals surface area contributed by atoms with Crippen molar-refractivity contribution >= 4 is 15.9 Å². The predicted octanol–water partition coefficient (Wildman–Crippen LogP) is 4.22. The average Bonchev–Trinajstić information content (AvgIpc) is 2.44. The zero-order chi connectivity index (χ0) is 14.5. The Morgan fingerprint density at radius 2 is 2.05 bits per heavy atom. The molecule has 20 heavy (non-hydrogen) atoms. The first-order valence-corrected chi connectivity index (χ1v) is 7.80. The van der Waals surface area contributed by atoms with Crippen molar-refractivity contribution in [3.8, 4) is 0 Å². The average molecular weight is 333 g/mol. The van der Waals surface area contributed by atoms with Crippen molar-refractivity contribution in [2.75, 3.05) is 7.05 Å². The summed E-state index contributed by atoms with van der Waals surface area (Å²) in [7, 11) is 2.00. The molecule has 106 valence electrons. The first kappa shape index (κ1) is 15.2. The standard InChI is InChI=1S/C17H21BrN2/c1-4-13-5-6-16(20-11-13)10-17(19-3)14-7-12(2)8-15(18)9-14/h5-9,11,17,19H,4,10H2,1-3H3.